The van der Waals surface area contributed by atoms with Crippen LogP contribution in [0.4, 0.5) is 5.69 Å². The minimum absolute atomic E-state index is 0.311. The molecule has 0 bridgehead atoms. The van der Waals surface area contributed by atoms with Crippen LogP contribution in [0, 0.1) is 11.8 Å². The highest BCUT2D eigenvalue weighted by Crippen LogP contribution is 2.20. The zero-order valence-electron chi connectivity index (χ0n) is 12.8. The summed E-state index contributed by atoms with van der Waals surface area (Å²) in [5, 5.41) is 3.50. The summed E-state index contributed by atoms with van der Waals surface area (Å²) in [4.78, 5) is 0. The summed E-state index contributed by atoms with van der Waals surface area (Å²) in [6.45, 7) is 10.1. The van der Waals surface area contributed by atoms with Crippen LogP contribution >= 0.6 is 0 Å². The molecule has 0 saturated carbocycles. The summed E-state index contributed by atoms with van der Waals surface area (Å²) in [5.74, 6) is 1.97. The van der Waals surface area contributed by atoms with Crippen molar-refractivity contribution in [2.75, 3.05) is 25.6 Å². The molecule has 1 atom stereocenters. The van der Waals surface area contributed by atoms with Crippen molar-refractivity contribution in [1.29, 1.82) is 0 Å². The molecule has 0 aliphatic carbocycles. The fourth-order valence-electron chi connectivity index (χ4n) is 1.73. The Balaban J connectivity index is 2.64. The van der Waals surface area contributed by atoms with E-state index in [1.807, 2.05) is 18.2 Å². The molecule has 0 aliphatic rings. The molecule has 0 heterocycles. The molecule has 1 N–H and O–H groups in total. The number of ether oxygens (including phenoxy) is 2. The summed E-state index contributed by atoms with van der Waals surface area (Å²) >= 11 is 0. The van der Waals surface area contributed by atoms with Crippen LogP contribution in [0.15, 0.2) is 24.3 Å². The number of methoxy groups -OCH3 is 1. The van der Waals surface area contributed by atoms with Gasteiger partial charge in [0.05, 0.1) is 19.3 Å². The highest BCUT2D eigenvalue weighted by atomic mass is 16.5. The lowest BCUT2D eigenvalue weighted by atomic mass is 10.1. The second kappa shape index (κ2) is 8.05. The predicted octanol–water partition coefficient (Wildman–Crippen LogP) is 3.80. The molecule has 1 aromatic rings. The number of rotatable bonds is 8. The van der Waals surface area contributed by atoms with Crippen LogP contribution in [-0.4, -0.2) is 26.4 Å². The van der Waals surface area contributed by atoms with Crippen molar-refractivity contribution in [3.8, 4) is 5.75 Å². The van der Waals surface area contributed by atoms with E-state index in [9.17, 15) is 0 Å². The first-order chi connectivity index (χ1) is 9.02. The van der Waals surface area contributed by atoms with E-state index in [1.165, 1.54) is 0 Å². The summed E-state index contributed by atoms with van der Waals surface area (Å²) in [5.41, 5.74) is 1.08. The van der Waals surface area contributed by atoms with E-state index in [1.54, 1.807) is 7.11 Å². The average molecular weight is 265 g/mol. The fourth-order valence-corrected chi connectivity index (χ4v) is 1.73. The van der Waals surface area contributed by atoms with Gasteiger partial charge in [-0.25, -0.2) is 0 Å². The number of anilines is 1. The largest absolute Gasteiger partial charge is 0.493 e. The zero-order valence-corrected chi connectivity index (χ0v) is 12.8. The van der Waals surface area contributed by atoms with E-state index in [-0.39, 0.29) is 0 Å². The monoisotopic (exact) mass is 265 g/mol. The minimum atomic E-state index is 0.311. The van der Waals surface area contributed by atoms with Gasteiger partial charge in [0.25, 0.3) is 0 Å². The van der Waals surface area contributed by atoms with Gasteiger partial charge >= 0.3 is 0 Å². The first-order valence-electron chi connectivity index (χ1n) is 7.01. The molecule has 0 fully saturated rings. The van der Waals surface area contributed by atoms with Crippen LogP contribution in [0.1, 0.15) is 27.7 Å². The molecule has 19 heavy (non-hydrogen) atoms. The van der Waals surface area contributed by atoms with Gasteiger partial charge in [0.2, 0.25) is 0 Å². The van der Waals surface area contributed by atoms with E-state index in [2.05, 4.69) is 39.1 Å². The topological polar surface area (TPSA) is 30.5 Å². The number of hydrogen-bond acceptors (Lipinski definition) is 3. The van der Waals surface area contributed by atoms with Crippen molar-refractivity contribution in [1.82, 2.24) is 0 Å². The number of nitrogens with one attached hydrogen (secondary N) is 1. The maximum Gasteiger partial charge on any atom is 0.121 e. The molecule has 108 valence electrons. The minimum Gasteiger partial charge on any atom is -0.493 e. The fraction of sp³-hybridized carbons (Fsp3) is 0.625. The van der Waals surface area contributed by atoms with Crippen molar-refractivity contribution in [3.63, 3.8) is 0 Å². The van der Waals surface area contributed by atoms with Crippen LogP contribution in [-0.2, 0) is 4.74 Å². The Kier molecular flexibility index (Phi) is 6.71. The van der Waals surface area contributed by atoms with E-state index in [4.69, 9.17) is 9.47 Å². The Morgan fingerprint density at radius 1 is 1.11 bits per heavy atom. The van der Waals surface area contributed by atoms with Crippen LogP contribution in [0.2, 0.25) is 0 Å². The molecule has 3 heteroatoms. The van der Waals surface area contributed by atoms with Crippen molar-refractivity contribution < 1.29 is 9.47 Å². The van der Waals surface area contributed by atoms with Crippen LogP contribution in [0.5, 0.6) is 5.75 Å². The molecule has 0 spiro atoms. The molecule has 0 radical (unpaired) electrons. The Hall–Kier alpha value is -1.22. The third kappa shape index (κ3) is 5.97. The Morgan fingerprint density at radius 3 is 2.42 bits per heavy atom. The maximum atomic E-state index is 5.74. The number of benzene rings is 1. The van der Waals surface area contributed by atoms with Crippen LogP contribution in [0.3, 0.4) is 0 Å². The van der Waals surface area contributed by atoms with Crippen LogP contribution in [0.25, 0.3) is 0 Å². The average Bonchev–Trinajstić information content (AvgIpc) is 2.36. The second-order valence-corrected chi connectivity index (χ2v) is 5.68. The van der Waals surface area contributed by atoms with Gasteiger partial charge in [-0.2, -0.15) is 0 Å². The Bertz CT molecular complexity index is 364. The summed E-state index contributed by atoms with van der Waals surface area (Å²) in [7, 11) is 1.74. The zero-order chi connectivity index (χ0) is 14.3. The lowest BCUT2D eigenvalue weighted by Crippen LogP contribution is -2.30. The molecule has 1 rings (SSSR count). The van der Waals surface area contributed by atoms with Gasteiger partial charge < -0.3 is 14.8 Å². The smallest absolute Gasteiger partial charge is 0.121 e. The lowest BCUT2D eigenvalue weighted by Gasteiger charge is -2.23. The third-order valence-electron chi connectivity index (χ3n) is 2.92. The Labute approximate surface area is 117 Å². The van der Waals surface area contributed by atoms with E-state index in [0.29, 0.717) is 24.5 Å². The van der Waals surface area contributed by atoms with E-state index < -0.39 is 0 Å². The normalized spacial score (nSPS) is 12.8. The van der Waals surface area contributed by atoms with Gasteiger partial charge in [0.1, 0.15) is 5.75 Å². The summed E-state index contributed by atoms with van der Waals surface area (Å²) < 4.78 is 11.0. The molecule has 0 saturated heterocycles. The summed E-state index contributed by atoms with van der Waals surface area (Å²) in [6.07, 6.45) is 0. The van der Waals surface area contributed by atoms with Gasteiger partial charge in [-0.1, -0.05) is 33.8 Å². The lowest BCUT2D eigenvalue weighted by molar-refractivity contribution is 0.171. The maximum absolute atomic E-state index is 5.74. The molecular weight excluding hydrogens is 238 g/mol. The molecular formula is C16H27NO2. The van der Waals surface area contributed by atoms with Gasteiger partial charge in [-0.3, -0.25) is 0 Å². The van der Waals surface area contributed by atoms with Crippen molar-refractivity contribution >= 4 is 5.69 Å². The molecule has 0 aliphatic heterocycles. The first kappa shape index (κ1) is 15.8. The first-order valence-corrected chi connectivity index (χ1v) is 7.01. The van der Waals surface area contributed by atoms with Gasteiger partial charge in [0, 0.05) is 18.9 Å². The van der Waals surface area contributed by atoms with Crippen LogP contribution < -0.4 is 10.1 Å². The molecule has 1 unspecified atom stereocenters. The Morgan fingerprint density at radius 2 is 1.84 bits per heavy atom. The SMILES string of the molecule is COCC(Nc1cccc(OCC(C)C)c1)C(C)C. The summed E-state index contributed by atoms with van der Waals surface area (Å²) in [6, 6.07) is 8.43. The molecule has 0 aromatic heterocycles. The third-order valence-corrected chi connectivity index (χ3v) is 2.92. The molecule has 0 amide bonds. The van der Waals surface area contributed by atoms with E-state index in [0.717, 1.165) is 18.0 Å². The quantitative estimate of drug-likeness (QED) is 0.775. The highest BCUT2D eigenvalue weighted by Gasteiger charge is 2.12. The van der Waals surface area contributed by atoms with Crippen molar-refractivity contribution in [3.05, 3.63) is 24.3 Å². The predicted molar refractivity (Wildman–Crippen MR) is 80.9 cm³/mol. The molecule has 3 nitrogen and oxygen atoms in total. The van der Waals surface area contributed by atoms with Crippen molar-refractivity contribution in [2.24, 2.45) is 11.8 Å². The number of hydrogen-bond donors (Lipinski definition) is 1. The van der Waals surface area contributed by atoms with Crippen molar-refractivity contribution in [2.45, 2.75) is 33.7 Å². The molecule has 1 aromatic carbocycles. The highest BCUT2D eigenvalue weighted by molar-refractivity contribution is 5.49. The van der Waals surface area contributed by atoms with Gasteiger partial charge in [-0.05, 0) is 24.0 Å². The van der Waals surface area contributed by atoms with E-state index >= 15 is 0 Å². The van der Waals surface area contributed by atoms with Gasteiger partial charge in [-0.15, -0.1) is 0 Å². The standard InChI is InChI=1S/C16H27NO2/c1-12(2)10-19-15-8-6-7-14(9-15)17-16(11-18-5)13(3)4/h6-9,12-13,16-17H,10-11H2,1-5H3. The van der Waals surface area contributed by atoms with Gasteiger partial charge in [0.15, 0.2) is 0 Å². The second-order valence-electron chi connectivity index (χ2n) is 5.68.